The smallest absolute Gasteiger partial charge is 0.287 e. The van der Waals surface area contributed by atoms with Crippen LogP contribution < -0.4 is 5.32 Å². The Morgan fingerprint density at radius 3 is 2.89 bits per heavy atom. The standard InChI is InChI=1S/C12H14ClN3O3/c1-12(18,8-5-15-16(2)6-8)7-14-11(17)9-3-4-10(13)19-9/h3-6,18H,7H2,1-2H3,(H,14,17). The van der Waals surface area contributed by atoms with Crippen LogP contribution in [0.4, 0.5) is 0 Å². The Bertz CT molecular complexity index is 589. The number of carbonyl (C=O) groups excluding carboxylic acids is 1. The molecule has 7 heteroatoms. The molecular weight excluding hydrogens is 270 g/mol. The van der Waals surface area contributed by atoms with Crippen LogP contribution >= 0.6 is 11.6 Å². The molecule has 19 heavy (non-hydrogen) atoms. The maximum absolute atomic E-state index is 11.7. The molecule has 0 aliphatic carbocycles. The van der Waals surface area contributed by atoms with Crippen LogP contribution in [0.15, 0.2) is 28.9 Å². The summed E-state index contributed by atoms with van der Waals surface area (Å²) in [6.45, 7) is 1.63. The lowest BCUT2D eigenvalue weighted by atomic mass is 10.00. The van der Waals surface area contributed by atoms with Gasteiger partial charge in [-0.1, -0.05) is 0 Å². The molecule has 0 saturated carbocycles. The number of nitrogens with one attached hydrogen (secondary N) is 1. The molecule has 2 N–H and O–H groups in total. The highest BCUT2D eigenvalue weighted by molar-refractivity contribution is 6.29. The second-order valence-electron chi connectivity index (χ2n) is 4.46. The maximum atomic E-state index is 11.7. The predicted molar refractivity (Wildman–Crippen MR) is 68.8 cm³/mol. The molecule has 0 aliphatic rings. The quantitative estimate of drug-likeness (QED) is 0.886. The normalized spacial score (nSPS) is 14.1. The lowest BCUT2D eigenvalue weighted by Gasteiger charge is -2.21. The zero-order valence-electron chi connectivity index (χ0n) is 10.6. The fourth-order valence-electron chi connectivity index (χ4n) is 1.58. The molecule has 0 fully saturated rings. The molecule has 1 atom stereocenters. The van der Waals surface area contributed by atoms with E-state index in [2.05, 4.69) is 10.4 Å². The van der Waals surface area contributed by atoms with Gasteiger partial charge in [-0.3, -0.25) is 9.48 Å². The molecule has 6 nitrogen and oxygen atoms in total. The van der Waals surface area contributed by atoms with Gasteiger partial charge in [-0.05, 0) is 30.7 Å². The van der Waals surface area contributed by atoms with Gasteiger partial charge in [0.1, 0.15) is 5.60 Å². The molecule has 0 bridgehead atoms. The minimum atomic E-state index is -1.21. The number of aromatic nitrogens is 2. The van der Waals surface area contributed by atoms with Gasteiger partial charge in [-0.2, -0.15) is 5.10 Å². The molecule has 2 rings (SSSR count). The van der Waals surface area contributed by atoms with Crippen LogP contribution in [0.3, 0.4) is 0 Å². The number of nitrogens with zero attached hydrogens (tertiary/aromatic N) is 2. The number of aliphatic hydroxyl groups is 1. The first-order valence-corrected chi connectivity index (χ1v) is 6.01. The van der Waals surface area contributed by atoms with Gasteiger partial charge in [0.2, 0.25) is 0 Å². The summed E-state index contributed by atoms with van der Waals surface area (Å²) >= 11 is 5.59. The van der Waals surface area contributed by atoms with Gasteiger partial charge in [0.15, 0.2) is 11.0 Å². The second-order valence-corrected chi connectivity index (χ2v) is 4.84. The molecule has 0 spiro atoms. The fourth-order valence-corrected chi connectivity index (χ4v) is 1.72. The van der Waals surface area contributed by atoms with Crippen LogP contribution in [-0.4, -0.2) is 27.3 Å². The number of amides is 1. The average Bonchev–Trinajstić information content (AvgIpc) is 2.95. The van der Waals surface area contributed by atoms with Crippen LogP contribution in [0.2, 0.25) is 5.22 Å². The summed E-state index contributed by atoms with van der Waals surface area (Å²) in [6.07, 6.45) is 3.24. The fraction of sp³-hybridized carbons (Fsp3) is 0.333. The Balaban J connectivity index is 2.00. The minimum Gasteiger partial charge on any atom is -0.440 e. The first-order valence-electron chi connectivity index (χ1n) is 5.63. The first kappa shape index (κ1) is 13.6. The van der Waals surface area contributed by atoms with E-state index in [4.69, 9.17) is 16.0 Å². The molecule has 102 valence electrons. The van der Waals surface area contributed by atoms with Crippen molar-refractivity contribution in [3.63, 3.8) is 0 Å². The number of halogens is 1. The van der Waals surface area contributed by atoms with Crippen molar-refractivity contribution in [1.29, 1.82) is 0 Å². The Labute approximate surface area is 115 Å². The van der Waals surface area contributed by atoms with Crippen molar-refractivity contribution in [3.8, 4) is 0 Å². The molecule has 0 aromatic carbocycles. The Hall–Kier alpha value is -1.79. The molecule has 0 aliphatic heterocycles. The number of aryl methyl sites for hydroxylation is 1. The van der Waals surface area contributed by atoms with Gasteiger partial charge in [0, 0.05) is 18.8 Å². The zero-order chi connectivity index (χ0) is 14.0. The Morgan fingerprint density at radius 2 is 2.37 bits per heavy atom. The van der Waals surface area contributed by atoms with Crippen molar-refractivity contribution in [3.05, 3.63) is 41.1 Å². The summed E-state index contributed by atoms with van der Waals surface area (Å²) < 4.78 is 6.56. The van der Waals surface area contributed by atoms with Crippen molar-refractivity contribution in [1.82, 2.24) is 15.1 Å². The van der Waals surface area contributed by atoms with Gasteiger partial charge in [0.05, 0.1) is 12.7 Å². The largest absolute Gasteiger partial charge is 0.440 e. The summed E-state index contributed by atoms with van der Waals surface area (Å²) in [5, 5.41) is 17.0. The summed E-state index contributed by atoms with van der Waals surface area (Å²) in [5.41, 5.74) is -0.590. The van der Waals surface area contributed by atoms with E-state index in [9.17, 15) is 9.90 Å². The van der Waals surface area contributed by atoms with E-state index in [0.717, 1.165) is 0 Å². The molecule has 1 unspecified atom stereocenters. The van der Waals surface area contributed by atoms with E-state index < -0.39 is 11.5 Å². The zero-order valence-corrected chi connectivity index (χ0v) is 11.3. The third-order valence-corrected chi connectivity index (χ3v) is 2.92. The minimum absolute atomic E-state index is 0.0375. The van der Waals surface area contributed by atoms with Crippen LogP contribution in [0.1, 0.15) is 23.0 Å². The van der Waals surface area contributed by atoms with Crippen LogP contribution in [0.5, 0.6) is 0 Å². The highest BCUT2D eigenvalue weighted by Crippen LogP contribution is 2.19. The molecule has 0 saturated heterocycles. The topological polar surface area (TPSA) is 80.3 Å². The van der Waals surface area contributed by atoms with E-state index in [1.54, 1.807) is 31.0 Å². The summed E-state index contributed by atoms with van der Waals surface area (Å²) in [7, 11) is 1.75. The van der Waals surface area contributed by atoms with Crippen LogP contribution in [-0.2, 0) is 12.6 Å². The average molecular weight is 284 g/mol. The van der Waals surface area contributed by atoms with Gasteiger partial charge in [-0.25, -0.2) is 0 Å². The predicted octanol–water partition coefficient (Wildman–Crippen LogP) is 1.30. The van der Waals surface area contributed by atoms with Crippen molar-refractivity contribution in [2.24, 2.45) is 7.05 Å². The van der Waals surface area contributed by atoms with Crippen LogP contribution in [0, 0.1) is 0 Å². The van der Waals surface area contributed by atoms with Gasteiger partial charge >= 0.3 is 0 Å². The van der Waals surface area contributed by atoms with E-state index in [0.29, 0.717) is 5.56 Å². The molecule has 2 aromatic heterocycles. The molecule has 1 amide bonds. The van der Waals surface area contributed by atoms with Gasteiger partial charge in [-0.15, -0.1) is 0 Å². The van der Waals surface area contributed by atoms with E-state index in [1.165, 1.54) is 12.1 Å². The van der Waals surface area contributed by atoms with E-state index >= 15 is 0 Å². The SMILES string of the molecule is Cn1cc(C(C)(O)CNC(=O)c2ccc(Cl)o2)cn1. The highest BCUT2D eigenvalue weighted by Gasteiger charge is 2.26. The monoisotopic (exact) mass is 283 g/mol. The van der Waals surface area contributed by atoms with Crippen molar-refractivity contribution in [2.75, 3.05) is 6.54 Å². The number of hydrogen-bond acceptors (Lipinski definition) is 4. The Kier molecular flexibility index (Phi) is 3.64. The summed E-state index contributed by atoms with van der Waals surface area (Å²) in [4.78, 5) is 11.7. The molecule has 2 heterocycles. The van der Waals surface area contributed by atoms with Gasteiger partial charge in [0.25, 0.3) is 5.91 Å². The summed E-state index contributed by atoms with van der Waals surface area (Å²) in [6, 6.07) is 2.95. The number of rotatable bonds is 4. The van der Waals surface area contributed by atoms with E-state index in [1.807, 2.05) is 0 Å². The second kappa shape index (κ2) is 5.07. The molecule has 0 radical (unpaired) electrons. The first-order chi connectivity index (χ1) is 8.88. The van der Waals surface area contributed by atoms with Crippen molar-refractivity contribution in [2.45, 2.75) is 12.5 Å². The maximum Gasteiger partial charge on any atom is 0.287 e. The number of furan rings is 1. The lowest BCUT2D eigenvalue weighted by molar-refractivity contribution is 0.0518. The molecule has 2 aromatic rings. The van der Waals surface area contributed by atoms with Crippen molar-refractivity contribution >= 4 is 17.5 Å². The number of carbonyl (C=O) groups is 1. The Morgan fingerprint density at radius 1 is 1.63 bits per heavy atom. The van der Waals surface area contributed by atoms with Gasteiger partial charge < -0.3 is 14.8 Å². The highest BCUT2D eigenvalue weighted by atomic mass is 35.5. The van der Waals surface area contributed by atoms with Crippen molar-refractivity contribution < 1.29 is 14.3 Å². The van der Waals surface area contributed by atoms with Crippen LogP contribution in [0.25, 0.3) is 0 Å². The third kappa shape index (κ3) is 3.15. The third-order valence-electron chi connectivity index (χ3n) is 2.72. The summed E-state index contributed by atoms with van der Waals surface area (Å²) in [5.74, 6) is -0.331. The number of hydrogen-bond donors (Lipinski definition) is 2. The van der Waals surface area contributed by atoms with E-state index in [-0.39, 0.29) is 17.5 Å². The lowest BCUT2D eigenvalue weighted by Crippen LogP contribution is -2.38. The molecular formula is C12H14ClN3O3.